The molecule has 0 N–H and O–H groups in total. The number of rotatable bonds is 4. The van der Waals surface area contributed by atoms with Crippen LogP contribution in [0.1, 0.15) is 18.2 Å². The molecule has 0 aromatic carbocycles. The molecule has 0 radical (unpaired) electrons. The van der Waals surface area contributed by atoms with Crippen molar-refractivity contribution in [1.29, 1.82) is 5.26 Å². The number of ether oxygens (including phenoxy) is 1. The molecule has 1 aliphatic heterocycles. The van der Waals surface area contributed by atoms with Crippen LogP contribution in [-0.2, 0) is 22.1 Å². The molecule has 1 atom stereocenters. The normalized spacial score (nSPS) is 16.7. The summed E-state index contributed by atoms with van der Waals surface area (Å²) in [5, 5.41) is 8.95. The van der Waals surface area contributed by atoms with Gasteiger partial charge in [0.2, 0.25) is 0 Å². The van der Waals surface area contributed by atoms with Gasteiger partial charge in [0.05, 0.1) is 24.8 Å². The summed E-state index contributed by atoms with van der Waals surface area (Å²) in [5.41, 5.74) is -0.527. The molecule has 0 bridgehead atoms. The molecule has 1 aromatic heterocycles. The number of aromatic nitrogens is 1. The number of Topliss-reactive ketones (excluding diaryl/α,β-unsaturated/α-hetero) is 1. The number of carbonyl (C=O) groups excluding carboxylic acids is 1. The number of pyridine rings is 1. The van der Waals surface area contributed by atoms with Gasteiger partial charge in [0.25, 0.3) is 0 Å². The predicted molar refractivity (Wildman–Crippen MR) is 75.8 cm³/mol. The fourth-order valence-electron chi connectivity index (χ4n) is 2.33. The second-order valence-corrected chi connectivity index (χ2v) is 5.27. The Hall–Kier alpha value is -2.14. The van der Waals surface area contributed by atoms with Crippen molar-refractivity contribution in [2.75, 3.05) is 31.2 Å². The van der Waals surface area contributed by atoms with E-state index in [1.807, 2.05) is 6.07 Å². The monoisotopic (exact) mass is 327 g/mol. The van der Waals surface area contributed by atoms with Crippen LogP contribution >= 0.6 is 0 Å². The van der Waals surface area contributed by atoms with Gasteiger partial charge in [-0.2, -0.15) is 18.4 Å². The molecule has 2 rings (SSSR count). The second-order valence-electron chi connectivity index (χ2n) is 5.27. The number of halogens is 3. The van der Waals surface area contributed by atoms with Gasteiger partial charge in [0.15, 0.2) is 0 Å². The number of hydrogen-bond acceptors (Lipinski definition) is 5. The SMILES string of the molecule is CC(=O)C(C#N)Cc1ccc(C(F)(F)F)c(N2CCOCC2)n1. The largest absolute Gasteiger partial charge is 0.419 e. The number of alkyl halides is 3. The smallest absolute Gasteiger partial charge is 0.378 e. The molecule has 0 saturated carbocycles. The molecule has 1 aliphatic rings. The zero-order valence-electron chi connectivity index (χ0n) is 12.6. The lowest BCUT2D eigenvalue weighted by molar-refractivity contribution is -0.137. The number of carbonyl (C=O) groups is 1. The molecule has 5 nitrogen and oxygen atoms in total. The summed E-state index contributed by atoms with van der Waals surface area (Å²) >= 11 is 0. The van der Waals surface area contributed by atoms with Crippen molar-refractivity contribution in [3.05, 3.63) is 23.4 Å². The zero-order chi connectivity index (χ0) is 17.0. The first-order valence-corrected chi connectivity index (χ1v) is 7.13. The van der Waals surface area contributed by atoms with Gasteiger partial charge in [-0.05, 0) is 19.1 Å². The lowest BCUT2D eigenvalue weighted by Crippen LogP contribution is -2.38. The minimum Gasteiger partial charge on any atom is -0.378 e. The van der Waals surface area contributed by atoms with Crippen LogP contribution in [0.15, 0.2) is 12.1 Å². The van der Waals surface area contributed by atoms with E-state index in [1.54, 1.807) is 0 Å². The Balaban J connectivity index is 2.37. The van der Waals surface area contributed by atoms with E-state index in [9.17, 15) is 18.0 Å². The van der Waals surface area contributed by atoms with Crippen molar-refractivity contribution in [2.45, 2.75) is 19.5 Å². The average molecular weight is 327 g/mol. The van der Waals surface area contributed by atoms with E-state index in [1.165, 1.54) is 17.9 Å². The molecule has 0 amide bonds. The van der Waals surface area contributed by atoms with Crippen molar-refractivity contribution in [2.24, 2.45) is 5.92 Å². The van der Waals surface area contributed by atoms with Gasteiger partial charge >= 0.3 is 6.18 Å². The number of anilines is 1. The molecule has 0 aliphatic carbocycles. The molecule has 124 valence electrons. The Labute approximate surface area is 131 Å². The summed E-state index contributed by atoms with van der Waals surface area (Å²) < 4.78 is 44.7. The summed E-state index contributed by atoms with van der Waals surface area (Å²) in [6.07, 6.45) is -4.52. The number of morpholine rings is 1. The summed E-state index contributed by atoms with van der Waals surface area (Å²) in [5.74, 6) is -1.41. The van der Waals surface area contributed by atoms with Crippen molar-refractivity contribution in [3.8, 4) is 6.07 Å². The maximum Gasteiger partial charge on any atom is 0.419 e. The van der Waals surface area contributed by atoms with Crippen molar-refractivity contribution >= 4 is 11.6 Å². The van der Waals surface area contributed by atoms with Crippen LogP contribution < -0.4 is 4.90 Å². The van der Waals surface area contributed by atoms with E-state index in [2.05, 4.69) is 4.98 Å². The summed E-state index contributed by atoms with van der Waals surface area (Å²) in [7, 11) is 0. The van der Waals surface area contributed by atoms with E-state index < -0.39 is 17.7 Å². The number of hydrogen-bond donors (Lipinski definition) is 0. The molecule has 8 heteroatoms. The zero-order valence-corrected chi connectivity index (χ0v) is 12.6. The molecule has 1 unspecified atom stereocenters. The Morgan fingerprint density at radius 1 is 1.43 bits per heavy atom. The number of nitriles is 1. The third-order valence-corrected chi connectivity index (χ3v) is 3.61. The molecule has 0 spiro atoms. The number of nitrogens with zero attached hydrogens (tertiary/aromatic N) is 3. The highest BCUT2D eigenvalue weighted by Crippen LogP contribution is 2.36. The van der Waals surface area contributed by atoms with E-state index >= 15 is 0 Å². The first-order chi connectivity index (χ1) is 10.8. The van der Waals surface area contributed by atoms with Gasteiger partial charge in [-0.3, -0.25) is 4.79 Å². The van der Waals surface area contributed by atoms with Crippen molar-refractivity contribution < 1.29 is 22.7 Å². The maximum atomic E-state index is 13.2. The van der Waals surface area contributed by atoms with Gasteiger partial charge in [0, 0.05) is 25.2 Å². The molecule has 23 heavy (non-hydrogen) atoms. The van der Waals surface area contributed by atoms with Crippen LogP contribution in [0.3, 0.4) is 0 Å². The third kappa shape index (κ3) is 4.20. The van der Waals surface area contributed by atoms with Crippen LogP contribution in [-0.4, -0.2) is 37.1 Å². The standard InChI is InChI=1S/C15H16F3N3O2/c1-10(22)11(9-19)8-12-2-3-13(15(16,17)18)14(20-12)21-4-6-23-7-5-21/h2-3,11H,4-8H2,1H3. The first kappa shape index (κ1) is 17.2. The average Bonchev–Trinajstić information content (AvgIpc) is 2.52. The van der Waals surface area contributed by atoms with Gasteiger partial charge in [-0.25, -0.2) is 4.98 Å². The van der Waals surface area contributed by atoms with Crippen LogP contribution in [0.25, 0.3) is 0 Å². The van der Waals surface area contributed by atoms with Crippen LogP contribution in [0.4, 0.5) is 19.0 Å². The van der Waals surface area contributed by atoms with E-state index in [-0.39, 0.29) is 18.0 Å². The number of ketones is 1. The minimum atomic E-state index is -4.52. The topological polar surface area (TPSA) is 66.2 Å². The Morgan fingerprint density at radius 2 is 2.09 bits per heavy atom. The van der Waals surface area contributed by atoms with Gasteiger partial charge < -0.3 is 9.64 Å². The summed E-state index contributed by atoms with van der Waals surface area (Å²) in [6, 6.07) is 4.03. The predicted octanol–water partition coefficient (Wildman–Crippen LogP) is 2.21. The third-order valence-electron chi connectivity index (χ3n) is 3.61. The molecule has 1 saturated heterocycles. The highest BCUT2D eigenvalue weighted by Gasteiger charge is 2.36. The second kappa shape index (κ2) is 6.96. The highest BCUT2D eigenvalue weighted by atomic mass is 19.4. The summed E-state index contributed by atoms with van der Waals surface area (Å²) in [6.45, 7) is 2.57. The van der Waals surface area contributed by atoms with Crippen LogP contribution in [0.5, 0.6) is 0 Å². The van der Waals surface area contributed by atoms with Gasteiger partial charge in [-0.15, -0.1) is 0 Å². The molecule has 2 heterocycles. The van der Waals surface area contributed by atoms with Crippen LogP contribution in [0, 0.1) is 17.2 Å². The lowest BCUT2D eigenvalue weighted by Gasteiger charge is -2.30. The lowest BCUT2D eigenvalue weighted by atomic mass is 10.00. The fraction of sp³-hybridized carbons (Fsp3) is 0.533. The maximum absolute atomic E-state index is 13.2. The van der Waals surface area contributed by atoms with Crippen molar-refractivity contribution in [1.82, 2.24) is 4.98 Å². The fourth-order valence-corrected chi connectivity index (χ4v) is 2.33. The van der Waals surface area contributed by atoms with Crippen molar-refractivity contribution in [3.63, 3.8) is 0 Å². The Morgan fingerprint density at radius 3 is 2.61 bits per heavy atom. The molecule has 1 aromatic rings. The Kier molecular flexibility index (Phi) is 5.21. The Bertz CT molecular complexity index is 619. The molecular weight excluding hydrogens is 311 g/mol. The minimum absolute atomic E-state index is 0.00130. The molecule has 1 fully saturated rings. The van der Waals surface area contributed by atoms with Gasteiger partial charge in [0.1, 0.15) is 17.5 Å². The molecular formula is C15H16F3N3O2. The summed E-state index contributed by atoms with van der Waals surface area (Å²) in [4.78, 5) is 16.9. The first-order valence-electron chi connectivity index (χ1n) is 7.13. The quantitative estimate of drug-likeness (QED) is 0.848. The highest BCUT2D eigenvalue weighted by molar-refractivity contribution is 5.81. The van der Waals surface area contributed by atoms with E-state index in [0.29, 0.717) is 32.0 Å². The van der Waals surface area contributed by atoms with Gasteiger partial charge in [-0.1, -0.05) is 0 Å². The van der Waals surface area contributed by atoms with Crippen LogP contribution in [0.2, 0.25) is 0 Å². The van der Waals surface area contributed by atoms with E-state index in [0.717, 1.165) is 6.07 Å². The van der Waals surface area contributed by atoms with E-state index in [4.69, 9.17) is 10.00 Å².